The smallest absolute Gasteiger partial charge is 0.0406 e. The van der Waals surface area contributed by atoms with Crippen molar-refractivity contribution in [3.05, 3.63) is 33.8 Å². The highest BCUT2D eigenvalue weighted by Gasteiger charge is 2.05. The maximum Gasteiger partial charge on any atom is 0.0406 e. The monoisotopic (exact) mass is 237 g/mol. The van der Waals surface area contributed by atoms with Gasteiger partial charge < -0.3 is 5.73 Å². The Bertz CT molecular complexity index is 338. The molecule has 0 spiro atoms. The summed E-state index contributed by atoms with van der Waals surface area (Å²) in [6.07, 6.45) is 5.77. The predicted octanol–water partition coefficient (Wildman–Crippen LogP) is 2.78. The van der Waals surface area contributed by atoms with E-state index in [0.29, 0.717) is 6.42 Å². The van der Waals surface area contributed by atoms with Crippen molar-refractivity contribution in [1.29, 1.82) is 0 Å². The minimum atomic E-state index is -0.0538. The Morgan fingerprint density at radius 2 is 2.31 bits per heavy atom. The van der Waals surface area contributed by atoms with Crippen molar-refractivity contribution in [2.75, 3.05) is 0 Å². The average Bonchev–Trinajstić information content (AvgIpc) is 2.10. The molecule has 0 saturated carbocycles. The Morgan fingerprint density at radius 3 is 2.85 bits per heavy atom. The van der Waals surface area contributed by atoms with E-state index in [0.717, 1.165) is 10.0 Å². The normalized spacial score (nSPS) is 12.2. The molecule has 0 aromatic heterocycles. The van der Waals surface area contributed by atoms with E-state index in [-0.39, 0.29) is 6.04 Å². The van der Waals surface area contributed by atoms with E-state index in [9.17, 15) is 0 Å². The lowest BCUT2D eigenvalue weighted by molar-refractivity contribution is 0.753. The highest BCUT2D eigenvalue weighted by atomic mass is 79.9. The standard InChI is InChI=1S/C11H12BrN/c1-3-4-11(13)9-6-5-8(2)10(12)7-9/h1,5-7,11H,4,13H2,2H3. The first kappa shape index (κ1) is 10.3. The molecule has 0 bridgehead atoms. The predicted molar refractivity (Wildman–Crippen MR) is 59.3 cm³/mol. The van der Waals surface area contributed by atoms with Gasteiger partial charge in [-0.1, -0.05) is 28.1 Å². The van der Waals surface area contributed by atoms with Crippen LogP contribution in [0.5, 0.6) is 0 Å². The summed E-state index contributed by atoms with van der Waals surface area (Å²) >= 11 is 3.46. The Balaban J connectivity index is 2.91. The van der Waals surface area contributed by atoms with Crippen molar-refractivity contribution in [2.24, 2.45) is 5.73 Å². The number of nitrogens with two attached hydrogens (primary N) is 1. The number of halogens is 1. The summed E-state index contributed by atoms with van der Waals surface area (Å²) in [5, 5.41) is 0. The van der Waals surface area contributed by atoms with Gasteiger partial charge in [-0.25, -0.2) is 0 Å². The van der Waals surface area contributed by atoms with Crippen LogP contribution in [0.4, 0.5) is 0 Å². The molecule has 0 aliphatic rings. The van der Waals surface area contributed by atoms with Crippen LogP contribution in [0.15, 0.2) is 22.7 Å². The molecule has 0 radical (unpaired) electrons. The fraction of sp³-hybridized carbons (Fsp3) is 0.273. The summed E-state index contributed by atoms with van der Waals surface area (Å²) in [6, 6.07) is 6.02. The largest absolute Gasteiger partial charge is 0.323 e. The van der Waals surface area contributed by atoms with Gasteiger partial charge in [0.15, 0.2) is 0 Å². The third-order valence-electron chi connectivity index (χ3n) is 1.96. The highest BCUT2D eigenvalue weighted by Crippen LogP contribution is 2.21. The number of aryl methyl sites for hydroxylation is 1. The second-order valence-electron chi connectivity index (χ2n) is 3.02. The van der Waals surface area contributed by atoms with Crippen LogP contribution >= 0.6 is 15.9 Å². The minimum absolute atomic E-state index is 0.0538. The van der Waals surface area contributed by atoms with E-state index >= 15 is 0 Å². The molecule has 1 rings (SSSR count). The van der Waals surface area contributed by atoms with Crippen LogP contribution in [0.1, 0.15) is 23.6 Å². The van der Waals surface area contributed by atoms with E-state index in [1.807, 2.05) is 25.1 Å². The van der Waals surface area contributed by atoms with Crippen LogP contribution in [0.3, 0.4) is 0 Å². The molecule has 68 valence electrons. The summed E-state index contributed by atoms with van der Waals surface area (Å²) in [4.78, 5) is 0. The van der Waals surface area contributed by atoms with Gasteiger partial charge in [0.05, 0.1) is 0 Å². The van der Waals surface area contributed by atoms with Crippen molar-refractivity contribution in [3.63, 3.8) is 0 Å². The Labute approximate surface area is 87.5 Å². The van der Waals surface area contributed by atoms with Crippen LogP contribution in [-0.2, 0) is 0 Å². The van der Waals surface area contributed by atoms with Gasteiger partial charge in [0, 0.05) is 16.9 Å². The van der Waals surface area contributed by atoms with Crippen molar-refractivity contribution in [1.82, 2.24) is 0 Å². The van der Waals surface area contributed by atoms with Gasteiger partial charge in [-0.3, -0.25) is 0 Å². The summed E-state index contributed by atoms with van der Waals surface area (Å²) < 4.78 is 1.08. The Hall–Kier alpha value is -0.780. The maximum absolute atomic E-state index is 5.86. The van der Waals surface area contributed by atoms with Gasteiger partial charge in [0.1, 0.15) is 0 Å². The second kappa shape index (κ2) is 4.45. The Kier molecular flexibility index (Phi) is 3.53. The highest BCUT2D eigenvalue weighted by molar-refractivity contribution is 9.10. The molecule has 2 heteroatoms. The molecule has 1 aromatic rings. The summed E-state index contributed by atoms with van der Waals surface area (Å²) in [6.45, 7) is 2.04. The topological polar surface area (TPSA) is 26.0 Å². The van der Waals surface area contributed by atoms with Gasteiger partial charge in [0.2, 0.25) is 0 Å². The molecule has 1 unspecified atom stereocenters. The summed E-state index contributed by atoms with van der Waals surface area (Å²) in [7, 11) is 0. The molecule has 2 N–H and O–H groups in total. The first-order chi connectivity index (χ1) is 6.15. The molecule has 13 heavy (non-hydrogen) atoms. The van der Waals surface area contributed by atoms with Crippen molar-refractivity contribution < 1.29 is 0 Å². The first-order valence-electron chi connectivity index (χ1n) is 4.10. The molecular weight excluding hydrogens is 226 g/mol. The van der Waals surface area contributed by atoms with Crippen LogP contribution in [-0.4, -0.2) is 0 Å². The van der Waals surface area contributed by atoms with Gasteiger partial charge in [-0.2, -0.15) is 0 Å². The van der Waals surface area contributed by atoms with E-state index in [1.54, 1.807) is 0 Å². The van der Waals surface area contributed by atoms with Gasteiger partial charge in [-0.15, -0.1) is 12.3 Å². The SMILES string of the molecule is C#CCC(N)c1ccc(C)c(Br)c1. The maximum atomic E-state index is 5.86. The van der Waals surface area contributed by atoms with E-state index < -0.39 is 0 Å². The molecule has 0 heterocycles. The molecular formula is C11H12BrN. The number of hydrogen-bond donors (Lipinski definition) is 1. The minimum Gasteiger partial charge on any atom is -0.323 e. The van der Waals surface area contributed by atoms with E-state index in [4.69, 9.17) is 12.2 Å². The van der Waals surface area contributed by atoms with Crippen molar-refractivity contribution in [2.45, 2.75) is 19.4 Å². The molecule has 1 aromatic carbocycles. The average molecular weight is 238 g/mol. The van der Waals surface area contributed by atoms with Gasteiger partial charge in [0.25, 0.3) is 0 Å². The third-order valence-corrected chi connectivity index (χ3v) is 2.82. The number of hydrogen-bond acceptors (Lipinski definition) is 1. The van der Waals surface area contributed by atoms with Gasteiger partial charge >= 0.3 is 0 Å². The molecule has 0 aliphatic heterocycles. The van der Waals surface area contributed by atoms with E-state index in [2.05, 4.69) is 21.9 Å². The van der Waals surface area contributed by atoms with Crippen LogP contribution in [0.2, 0.25) is 0 Å². The van der Waals surface area contributed by atoms with Crippen LogP contribution in [0.25, 0.3) is 0 Å². The number of rotatable bonds is 2. The lowest BCUT2D eigenvalue weighted by Gasteiger charge is -2.09. The number of benzene rings is 1. The van der Waals surface area contributed by atoms with Crippen molar-refractivity contribution >= 4 is 15.9 Å². The van der Waals surface area contributed by atoms with Crippen LogP contribution in [0, 0.1) is 19.3 Å². The molecule has 0 aliphatic carbocycles. The molecule has 1 atom stereocenters. The second-order valence-corrected chi connectivity index (χ2v) is 3.88. The number of terminal acetylenes is 1. The summed E-state index contributed by atoms with van der Waals surface area (Å²) in [5.74, 6) is 2.56. The fourth-order valence-electron chi connectivity index (χ4n) is 1.08. The summed E-state index contributed by atoms with van der Waals surface area (Å²) in [5.41, 5.74) is 8.15. The molecule has 0 amide bonds. The lowest BCUT2D eigenvalue weighted by atomic mass is 10.0. The van der Waals surface area contributed by atoms with Crippen LogP contribution < -0.4 is 5.73 Å². The molecule has 0 saturated heterocycles. The zero-order valence-electron chi connectivity index (χ0n) is 7.55. The fourth-order valence-corrected chi connectivity index (χ4v) is 1.48. The zero-order valence-corrected chi connectivity index (χ0v) is 9.14. The Morgan fingerprint density at radius 1 is 1.62 bits per heavy atom. The van der Waals surface area contributed by atoms with Crippen molar-refractivity contribution in [3.8, 4) is 12.3 Å². The lowest BCUT2D eigenvalue weighted by Crippen LogP contribution is -2.09. The molecule has 1 nitrogen and oxygen atoms in total. The first-order valence-corrected chi connectivity index (χ1v) is 4.89. The third kappa shape index (κ3) is 2.58. The zero-order chi connectivity index (χ0) is 9.84. The van der Waals surface area contributed by atoms with E-state index in [1.165, 1.54) is 5.56 Å². The van der Waals surface area contributed by atoms with Gasteiger partial charge in [-0.05, 0) is 24.1 Å². The molecule has 0 fully saturated rings. The quantitative estimate of drug-likeness (QED) is 0.787.